The van der Waals surface area contributed by atoms with Crippen molar-refractivity contribution in [2.24, 2.45) is 0 Å². The van der Waals surface area contributed by atoms with Crippen LogP contribution in [0.3, 0.4) is 0 Å². The van der Waals surface area contributed by atoms with Gasteiger partial charge >= 0.3 is 0 Å². The second-order valence-electron chi connectivity index (χ2n) is 5.26. The van der Waals surface area contributed by atoms with Crippen molar-refractivity contribution in [3.05, 3.63) is 34.0 Å². The second kappa shape index (κ2) is 5.85. The molecule has 1 fully saturated rings. The molecule has 0 aliphatic heterocycles. The molecule has 0 unspecified atom stereocenters. The molecule has 0 atom stereocenters. The van der Waals surface area contributed by atoms with Crippen LogP contribution in [-0.4, -0.2) is 28.0 Å². The smallest absolute Gasteiger partial charge is 0.225 e. The van der Waals surface area contributed by atoms with Crippen molar-refractivity contribution in [1.29, 1.82) is 0 Å². The lowest BCUT2D eigenvalue weighted by molar-refractivity contribution is 0.682. The monoisotopic (exact) mass is 289 g/mol. The van der Waals surface area contributed by atoms with Crippen molar-refractivity contribution in [1.82, 2.24) is 20.3 Å². The first-order chi connectivity index (χ1) is 9.70. The van der Waals surface area contributed by atoms with Crippen LogP contribution in [0, 0.1) is 6.92 Å². The highest BCUT2D eigenvalue weighted by Crippen LogP contribution is 2.19. The summed E-state index contributed by atoms with van der Waals surface area (Å²) in [5.74, 6) is 0.742. The number of hydrogen-bond donors (Lipinski definition) is 1. The maximum absolute atomic E-state index is 4.46. The van der Waals surface area contributed by atoms with E-state index in [2.05, 4.69) is 25.6 Å². The molecule has 1 saturated carbocycles. The molecular formula is C14H19N5S. The molecule has 0 spiro atoms. The van der Waals surface area contributed by atoms with Gasteiger partial charge in [0.15, 0.2) is 0 Å². The van der Waals surface area contributed by atoms with Crippen LogP contribution in [0.15, 0.2) is 17.8 Å². The highest BCUT2D eigenvalue weighted by molar-refractivity contribution is 7.09. The molecule has 1 N–H and O–H groups in total. The lowest BCUT2D eigenvalue weighted by Crippen LogP contribution is -2.20. The average Bonchev–Trinajstić information content (AvgIpc) is 3.20. The number of nitrogens with zero attached hydrogens (tertiary/aromatic N) is 4. The third kappa shape index (κ3) is 3.52. The van der Waals surface area contributed by atoms with E-state index in [1.54, 1.807) is 11.3 Å². The normalized spacial score (nSPS) is 14.5. The molecule has 6 heteroatoms. The first kappa shape index (κ1) is 13.5. The van der Waals surface area contributed by atoms with Crippen LogP contribution < -0.4 is 10.2 Å². The van der Waals surface area contributed by atoms with Crippen LogP contribution >= 0.6 is 11.3 Å². The average molecular weight is 289 g/mol. The van der Waals surface area contributed by atoms with Crippen molar-refractivity contribution in [3.63, 3.8) is 0 Å². The van der Waals surface area contributed by atoms with Crippen molar-refractivity contribution >= 4 is 17.3 Å². The minimum atomic E-state index is 0.713. The van der Waals surface area contributed by atoms with Gasteiger partial charge in [0, 0.05) is 43.0 Å². The molecule has 1 aliphatic carbocycles. The Bertz CT molecular complexity index is 561. The van der Waals surface area contributed by atoms with E-state index < -0.39 is 0 Å². The Balaban J connectivity index is 1.57. The summed E-state index contributed by atoms with van der Waals surface area (Å²) in [5, 5.41) is 6.64. The van der Waals surface area contributed by atoms with Gasteiger partial charge in [-0.05, 0) is 19.8 Å². The summed E-state index contributed by atoms with van der Waals surface area (Å²) in [5.41, 5.74) is 2.21. The molecule has 106 valence electrons. The molecule has 2 aromatic heterocycles. The Morgan fingerprint density at radius 3 is 2.70 bits per heavy atom. The Morgan fingerprint density at radius 2 is 2.10 bits per heavy atom. The molecule has 2 heterocycles. The molecule has 3 rings (SSSR count). The zero-order valence-corrected chi connectivity index (χ0v) is 12.7. The van der Waals surface area contributed by atoms with Gasteiger partial charge in [0.2, 0.25) is 5.95 Å². The van der Waals surface area contributed by atoms with Crippen LogP contribution in [0.1, 0.15) is 29.1 Å². The van der Waals surface area contributed by atoms with Gasteiger partial charge in [-0.3, -0.25) is 0 Å². The summed E-state index contributed by atoms with van der Waals surface area (Å²) in [4.78, 5) is 15.3. The number of rotatable bonds is 6. The molecule has 0 saturated heterocycles. The number of thiazole rings is 1. The van der Waals surface area contributed by atoms with E-state index in [4.69, 9.17) is 0 Å². The van der Waals surface area contributed by atoms with Gasteiger partial charge in [0.25, 0.3) is 0 Å². The van der Waals surface area contributed by atoms with Crippen LogP contribution in [0.2, 0.25) is 0 Å². The predicted octanol–water partition coefficient (Wildman–Crippen LogP) is 2.13. The molecule has 0 radical (unpaired) electrons. The fourth-order valence-corrected chi connectivity index (χ4v) is 2.58. The zero-order valence-electron chi connectivity index (χ0n) is 11.8. The minimum absolute atomic E-state index is 0.713. The van der Waals surface area contributed by atoms with E-state index in [0.717, 1.165) is 35.3 Å². The molecule has 0 aromatic carbocycles. The third-order valence-corrected chi connectivity index (χ3v) is 4.09. The summed E-state index contributed by atoms with van der Waals surface area (Å²) >= 11 is 1.67. The first-order valence-electron chi connectivity index (χ1n) is 6.87. The number of hydrogen-bond acceptors (Lipinski definition) is 6. The Morgan fingerprint density at radius 1 is 1.35 bits per heavy atom. The highest BCUT2D eigenvalue weighted by Gasteiger charge is 2.20. The molecule has 20 heavy (non-hydrogen) atoms. The van der Waals surface area contributed by atoms with Crippen molar-refractivity contribution in [2.75, 3.05) is 11.9 Å². The standard InChI is InChI=1S/C14H19N5S/c1-10-18-13(9-20-10)8-19(2)14-16-6-11(7-17-14)5-15-12-3-4-12/h6-7,9,12,15H,3-5,8H2,1-2H3. The summed E-state index contributed by atoms with van der Waals surface area (Å²) in [7, 11) is 1.99. The summed E-state index contributed by atoms with van der Waals surface area (Å²) in [6, 6.07) is 0.713. The van der Waals surface area contributed by atoms with Crippen LogP contribution in [0.5, 0.6) is 0 Å². The minimum Gasteiger partial charge on any atom is -0.338 e. The number of aryl methyl sites for hydroxylation is 1. The lowest BCUT2D eigenvalue weighted by Gasteiger charge is -2.15. The fourth-order valence-electron chi connectivity index (χ4n) is 1.98. The Labute approximate surface area is 123 Å². The summed E-state index contributed by atoms with van der Waals surface area (Å²) < 4.78 is 0. The van der Waals surface area contributed by atoms with Gasteiger partial charge in [-0.2, -0.15) is 0 Å². The van der Waals surface area contributed by atoms with Crippen molar-refractivity contribution in [2.45, 2.75) is 38.9 Å². The Kier molecular flexibility index (Phi) is 3.93. The van der Waals surface area contributed by atoms with Gasteiger partial charge in [-0.15, -0.1) is 11.3 Å². The molecule has 5 nitrogen and oxygen atoms in total. The summed E-state index contributed by atoms with van der Waals surface area (Å²) in [6.45, 7) is 3.62. The maximum atomic E-state index is 4.46. The van der Waals surface area contributed by atoms with E-state index >= 15 is 0 Å². The van der Waals surface area contributed by atoms with Gasteiger partial charge in [0.1, 0.15) is 0 Å². The SMILES string of the molecule is Cc1nc(CN(C)c2ncc(CNC3CC3)cn2)cs1. The third-order valence-electron chi connectivity index (χ3n) is 3.27. The molecule has 1 aliphatic rings. The van der Waals surface area contributed by atoms with Gasteiger partial charge < -0.3 is 10.2 Å². The Hall–Kier alpha value is -1.53. The first-order valence-corrected chi connectivity index (χ1v) is 7.75. The topological polar surface area (TPSA) is 53.9 Å². The van der Waals surface area contributed by atoms with Gasteiger partial charge in [-0.25, -0.2) is 15.0 Å². The molecule has 0 amide bonds. The fraction of sp³-hybridized carbons (Fsp3) is 0.500. The van der Waals surface area contributed by atoms with E-state index in [1.807, 2.05) is 31.3 Å². The quantitative estimate of drug-likeness (QED) is 0.883. The number of anilines is 1. The van der Waals surface area contributed by atoms with Gasteiger partial charge in [-0.1, -0.05) is 0 Å². The van der Waals surface area contributed by atoms with E-state index in [9.17, 15) is 0 Å². The van der Waals surface area contributed by atoms with Crippen molar-refractivity contribution in [3.8, 4) is 0 Å². The van der Waals surface area contributed by atoms with E-state index in [-0.39, 0.29) is 0 Å². The van der Waals surface area contributed by atoms with E-state index in [0.29, 0.717) is 6.04 Å². The number of aromatic nitrogens is 3. The lowest BCUT2D eigenvalue weighted by atomic mass is 10.3. The maximum Gasteiger partial charge on any atom is 0.225 e. The van der Waals surface area contributed by atoms with Crippen molar-refractivity contribution < 1.29 is 0 Å². The predicted molar refractivity (Wildman–Crippen MR) is 80.9 cm³/mol. The second-order valence-corrected chi connectivity index (χ2v) is 6.32. The zero-order chi connectivity index (χ0) is 13.9. The van der Waals surface area contributed by atoms with Crippen LogP contribution in [0.25, 0.3) is 0 Å². The van der Waals surface area contributed by atoms with Gasteiger partial charge in [0.05, 0.1) is 17.2 Å². The van der Waals surface area contributed by atoms with Crippen LogP contribution in [0.4, 0.5) is 5.95 Å². The highest BCUT2D eigenvalue weighted by atomic mass is 32.1. The number of nitrogens with one attached hydrogen (secondary N) is 1. The molecule has 2 aromatic rings. The molecule has 0 bridgehead atoms. The van der Waals surface area contributed by atoms with E-state index in [1.165, 1.54) is 12.8 Å². The van der Waals surface area contributed by atoms with Crippen LogP contribution in [-0.2, 0) is 13.1 Å². The summed E-state index contributed by atoms with van der Waals surface area (Å²) in [6.07, 6.45) is 6.41. The largest absolute Gasteiger partial charge is 0.338 e. The molecular weight excluding hydrogens is 270 g/mol.